The standard InChI is InChI=1S/C17H25FN4.HI/c1-19-17(20-10-13-3-2-4-15(18)9-13)21-11-14-7-8-22(12-14)16-5-6-16;/h2-4,9,14,16H,5-8,10-12H2,1H3,(H2,19,20,21);1H. The Morgan fingerprint density at radius 2 is 2.13 bits per heavy atom. The van der Waals surface area contributed by atoms with Crippen LogP contribution in [0, 0.1) is 11.7 Å². The maximum Gasteiger partial charge on any atom is 0.191 e. The summed E-state index contributed by atoms with van der Waals surface area (Å²) in [5.41, 5.74) is 0.920. The number of benzene rings is 1. The van der Waals surface area contributed by atoms with Gasteiger partial charge in [-0.1, -0.05) is 12.1 Å². The van der Waals surface area contributed by atoms with Crippen LogP contribution in [0.4, 0.5) is 4.39 Å². The van der Waals surface area contributed by atoms with Gasteiger partial charge in [0.05, 0.1) is 0 Å². The van der Waals surface area contributed by atoms with E-state index in [0.29, 0.717) is 12.5 Å². The lowest BCUT2D eigenvalue weighted by atomic mass is 10.1. The minimum absolute atomic E-state index is 0. The number of guanidine groups is 1. The minimum Gasteiger partial charge on any atom is -0.356 e. The van der Waals surface area contributed by atoms with Crippen molar-refractivity contribution in [3.05, 3.63) is 35.6 Å². The van der Waals surface area contributed by atoms with Crippen LogP contribution < -0.4 is 10.6 Å². The highest BCUT2D eigenvalue weighted by Gasteiger charge is 2.34. The molecule has 1 unspecified atom stereocenters. The fourth-order valence-corrected chi connectivity index (χ4v) is 3.09. The Morgan fingerprint density at radius 1 is 1.30 bits per heavy atom. The molecule has 1 saturated carbocycles. The molecule has 0 bridgehead atoms. The van der Waals surface area contributed by atoms with Crippen molar-refractivity contribution in [3.63, 3.8) is 0 Å². The van der Waals surface area contributed by atoms with Gasteiger partial charge >= 0.3 is 0 Å². The summed E-state index contributed by atoms with van der Waals surface area (Å²) in [5, 5.41) is 6.64. The normalized spacial score (nSPS) is 21.8. The van der Waals surface area contributed by atoms with E-state index >= 15 is 0 Å². The van der Waals surface area contributed by atoms with Gasteiger partial charge in [-0.3, -0.25) is 4.99 Å². The number of nitrogens with one attached hydrogen (secondary N) is 2. The molecule has 1 aromatic rings. The molecule has 6 heteroatoms. The molecule has 1 saturated heterocycles. The van der Waals surface area contributed by atoms with Crippen LogP contribution in [-0.4, -0.2) is 43.6 Å². The van der Waals surface area contributed by atoms with E-state index in [1.54, 1.807) is 19.2 Å². The SMILES string of the molecule is CN=C(NCc1cccc(F)c1)NCC1CCN(C2CC2)C1.I. The third-order valence-electron chi connectivity index (χ3n) is 4.51. The molecule has 2 N–H and O–H groups in total. The van der Waals surface area contributed by atoms with Crippen LogP contribution in [-0.2, 0) is 6.54 Å². The molecule has 3 rings (SSSR count). The van der Waals surface area contributed by atoms with E-state index in [-0.39, 0.29) is 29.8 Å². The van der Waals surface area contributed by atoms with Crippen LogP contribution in [0.15, 0.2) is 29.3 Å². The zero-order chi connectivity index (χ0) is 15.4. The average Bonchev–Trinajstić information content (AvgIpc) is 3.27. The molecule has 2 fully saturated rings. The highest BCUT2D eigenvalue weighted by molar-refractivity contribution is 14.0. The second kappa shape index (κ2) is 8.82. The first-order valence-corrected chi connectivity index (χ1v) is 8.17. The van der Waals surface area contributed by atoms with Gasteiger partial charge in [0, 0.05) is 32.7 Å². The lowest BCUT2D eigenvalue weighted by Gasteiger charge is -2.17. The number of likely N-dealkylation sites (tertiary alicyclic amines) is 1. The molecule has 1 atom stereocenters. The molecule has 0 radical (unpaired) electrons. The highest BCUT2D eigenvalue weighted by Crippen LogP contribution is 2.31. The summed E-state index contributed by atoms with van der Waals surface area (Å²) in [6.07, 6.45) is 4.04. The minimum atomic E-state index is -0.201. The van der Waals surface area contributed by atoms with Gasteiger partial charge in [-0.25, -0.2) is 4.39 Å². The Balaban J connectivity index is 0.00000192. The van der Waals surface area contributed by atoms with Crippen molar-refractivity contribution in [2.45, 2.75) is 31.8 Å². The fraction of sp³-hybridized carbons (Fsp3) is 0.588. The van der Waals surface area contributed by atoms with Gasteiger partial charge in [-0.15, -0.1) is 24.0 Å². The van der Waals surface area contributed by atoms with Crippen molar-refractivity contribution in [2.24, 2.45) is 10.9 Å². The van der Waals surface area contributed by atoms with Crippen molar-refractivity contribution in [1.82, 2.24) is 15.5 Å². The number of rotatable bonds is 5. The predicted octanol–water partition coefficient (Wildman–Crippen LogP) is 2.59. The maximum absolute atomic E-state index is 13.2. The summed E-state index contributed by atoms with van der Waals surface area (Å²) in [6, 6.07) is 7.52. The van der Waals surface area contributed by atoms with Crippen molar-refractivity contribution in [2.75, 3.05) is 26.7 Å². The van der Waals surface area contributed by atoms with Gasteiger partial charge in [-0.2, -0.15) is 0 Å². The van der Waals surface area contributed by atoms with E-state index in [1.165, 1.54) is 38.4 Å². The third-order valence-corrected chi connectivity index (χ3v) is 4.51. The monoisotopic (exact) mass is 432 g/mol. The van der Waals surface area contributed by atoms with Crippen molar-refractivity contribution in [1.29, 1.82) is 0 Å². The molecule has 1 aliphatic heterocycles. The van der Waals surface area contributed by atoms with Crippen LogP contribution >= 0.6 is 24.0 Å². The number of hydrogen-bond acceptors (Lipinski definition) is 2. The largest absolute Gasteiger partial charge is 0.356 e. The quantitative estimate of drug-likeness (QED) is 0.427. The van der Waals surface area contributed by atoms with Gasteiger partial charge in [0.2, 0.25) is 0 Å². The van der Waals surface area contributed by atoms with Crippen LogP contribution in [0.5, 0.6) is 0 Å². The predicted molar refractivity (Wildman–Crippen MR) is 103 cm³/mol. The van der Waals surface area contributed by atoms with E-state index in [1.807, 2.05) is 6.07 Å². The number of nitrogens with zero attached hydrogens (tertiary/aromatic N) is 2. The van der Waals surface area contributed by atoms with E-state index in [2.05, 4.69) is 20.5 Å². The van der Waals surface area contributed by atoms with Crippen LogP contribution in [0.25, 0.3) is 0 Å². The maximum atomic E-state index is 13.2. The van der Waals surface area contributed by atoms with Gasteiger partial charge in [0.25, 0.3) is 0 Å². The molecule has 1 aliphatic carbocycles. The molecule has 2 aliphatic rings. The summed E-state index contributed by atoms with van der Waals surface area (Å²) in [5.74, 6) is 1.29. The van der Waals surface area contributed by atoms with Crippen LogP contribution in [0.1, 0.15) is 24.8 Å². The van der Waals surface area contributed by atoms with Crippen LogP contribution in [0.2, 0.25) is 0 Å². The zero-order valence-electron chi connectivity index (χ0n) is 13.6. The second-order valence-electron chi connectivity index (χ2n) is 6.32. The fourth-order valence-electron chi connectivity index (χ4n) is 3.09. The summed E-state index contributed by atoms with van der Waals surface area (Å²) < 4.78 is 13.2. The number of halogens is 2. The first kappa shape index (κ1) is 18.4. The molecular weight excluding hydrogens is 406 g/mol. The van der Waals surface area contributed by atoms with E-state index in [9.17, 15) is 4.39 Å². The summed E-state index contributed by atoms with van der Waals surface area (Å²) >= 11 is 0. The lowest BCUT2D eigenvalue weighted by molar-refractivity contribution is 0.314. The van der Waals surface area contributed by atoms with E-state index in [4.69, 9.17) is 0 Å². The Hall–Kier alpha value is -0.890. The van der Waals surface area contributed by atoms with Crippen molar-refractivity contribution < 1.29 is 4.39 Å². The third kappa shape index (κ3) is 5.60. The first-order valence-electron chi connectivity index (χ1n) is 8.17. The summed E-state index contributed by atoms with van der Waals surface area (Å²) in [7, 11) is 1.77. The molecular formula is C17H26FIN4. The molecule has 128 valence electrons. The summed E-state index contributed by atoms with van der Waals surface area (Å²) in [4.78, 5) is 6.86. The van der Waals surface area contributed by atoms with Gasteiger partial charge in [0.1, 0.15) is 5.82 Å². The molecule has 23 heavy (non-hydrogen) atoms. The van der Waals surface area contributed by atoms with Crippen molar-refractivity contribution >= 4 is 29.9 Å². The highest BCUT2D eigenvalue weighted by atomic mass is 127. The molecule has 0 aromatic heterocycles. The Morgan fingerprint density at radius 3 is 2.83 bits per heavy atom. The van der Waals surface area contributed by atoms with Crippen molar-refractivity contribution in [3.8, 4) is 0 Å². The smallest absolute Gasteiger partial charge is 0.191 e. The number of aliphatic imine (C=N–C) groups is 1. The van der Waals surface area contributed by atoms with Crippen LogP contribution in [0.3, 0.4) is 0 Å². The average molecular weight is 432 g/mol. The lowest BCUT2D eigenvalue weighted by Crippen LogP contribution is -2.40. The Kier molecular flexibility index (Phi) is 7.08. The van der Waals surface area contributed by atoms with Gasteiger partial charge in [0.15, 0.2) is 5.96 Å². The molecule has 1 heterocycles. The molecule has 0 spiro atoms. The summed E-state index contributed by atoms with van der Waals surface area (Å²) in [6.45, 7) is 3.98. The second-order valence-corrected chi connectivity index (χ2v) is 6.32. The molecule has 4 nitrogen and oxygen atoms in total. The molecule has 1 aromatic carbocycles. The number of hydrogen-bond donors (Lipinski definition) is 2. The Bertz CT molecular complexity index is 533. The van der Waals surface area contributed by atoms with E-state index in [0.717, 1.165) is 24.1 Å². The van der Waals surface area contributed by atoms with E-state index < -0.39 is 0 Å². The molecule has 0 amide bonds. The zero-order valence-corrected chi connectivity index (χ0v) is 15.9. The first-order chi connectivity index (χ1) is 10.7. The van der Waals surface area contributed by atoms with Gasteiger partial charge < -0.3 is 15.5 Å². The topological polar surface area (TPSA) is 39.7 Å². The van der Waals surface area contributed by atoms with Gasteiger partial charge in [-0.05, 0) is 49.4 Å². The Labute approximate surface area is 154 Å².